The summed E-state index contributed by atoms with van der Waals surface area (Å²) in [5.41, 5.74) is 0. The average molecular weight is 335 g/mol. The zero-order valence-corrected chi connectivity index (χ0v) is 15.7. The maximum absolute atomic E-state index is 12.0. The van der Waals surface area contributed by atoms with Gasteiger partial charge in [-0.25, -0.2) is 0 Å². The minimum absolute atomic E-state index is 0.0416. The van der Waals surface area contributed by atoms with Crippen molar-refractivity contribution in [1.29, 1.82) is 0 Å². The number of carboxylic acid groups (broad SMARTS) is 1. The van der Waals surface area contributed by atoms with Crippen LogP contribution in [-0.2, 0) is 4.79 Å². The summed E-state index contributed by atoms with van der Waals surface area (Å²) in [6.45, 7) is 2.26. The number of carboxylic acids is 1. The van der Waals surface area contributed by atoms with Gasteiger partial charge in [0.2, 0.25) is 0 Å². The Bertz CT molecular complexity index is 375. The van der Waals surface area contributed by atoms with Crippen molar-refractivity contribution in [1.82, 2.24) is 0 Å². The molecule has 4 fully saturated rings. The van der Waals surface area contributed by atoms with Crippen LogP contribution in [0.4, 0.5) is 0 Å². The second kappa shape index (κ2) is 8.72. The fourth-order valence-corrected chi connectivity index (χ4v) is 6.60. The maximum atomic E-state index is 12.0. The van der Waals surface area contributed by atoms with Gasteiger partial charge in [-0.05, 0) is 68.1 Å². The largest absolute Gasteiger partial charge is 0.481 e. The van der Waals surface area contributed by atoms with Crippen LogP contribution in [0.5, 0.6) is 0 Å². The van der Waals surface area contributed by atoms with Gasteiger partial charge in [-0.2, -0.15) is 0 Å². The lowest BCUT2D eigenvalue weighted by Crippen LogP contribution is -2.49. The second-order valence-electron chi connectivity index (χ2n) is 9.22. The Hall–Kier alpha value is -0.530. The lowest BCUT2D eigenvalue weighted by Gasteiger charge is -2.56. The predicted octanol–water partition coefficient (Wildman–Crippen LogP) is 6.29. The summed E-state index contributed by atoms with van der Waals surface area (Å²) < 4.78 is 0. The van der Waals surface area contributed by atoms with Crippen LogP contribution < -0.4 is 0 Å². The lowest BCUT2D eigenvalue weighted by molar-refractivity contribution is -0.152. The highest BCUT2D eigenvalue weighted by atomic mass is 16.4. The average Bonchev–Trinajstić information content (AvgIpc) is 2.54. The Morgan fingerprint density at radius 1 is 0.833 bits per heavy atom. The van der Waals surface area contributed by atoms with Crippen LogP contribution in [0.15, 0.2) is 0 Å². The van der Waals surface area contributed by atoms with Crippen molar-refractivity contribution >= 4 is 5.97 Å². The summed E-state index contributed by atoms with van der Waals surface area (Å²) in [6.07, 6.45) is 18.2. The van der Waals surface area contributed by atoms with Crippen molar-refractivity contribution in [2.45, 2.75) is 96.8 Å². The quantitative estimate of drug-likeness (QED) is 0.451. The van der Waals surface area contributed by atoms with E-state index in [1.54, 1.807) is 0 Å². The van der Waals surface area contributed by atoms with E-state index >= 15 is 0 Å². The first-order chi connectivity index (χ1) is 11.7. The molecule has 1 atom stereocenters. The highest BCUT2D eigenvalue weighted by molar-refractivity contribution is 5.70. The smallest absolute Gasteiger partial charge is 0.306 e. The topological polar surface area (TPSA) is 37.3 Å². The molecule has 0 aliphatic heterocycles. The van der Waals surface area contributed by atoms with E-state index in [0.717, 1.165) is 36.5 Å². The van der Waals surface area contributed by atoms with Gasteiger partial charge >= 0.3 is 5.97 Å². The molecular formula is C22H38O2. The van der Waals surface area contributed by atoms with Gasteiger partial charge in [-0.3, -0.25) is 4.79 Å². The molecule has 0 aromatic carbocycles. The molecule has 4 aliphatic carbocycles. The SMILES string of the molecule is CCCCCCCCCCC(C(=O)O)C1C2CC3CC(C2)CC1C3. The monoisotopic (exact) mass is 334 g/mol. The molecule has 138 valence electrons. The van der Waals surface area contributed by atoms with Crippen molar-refractivity contribution in [3.63, 3.8) is 0 Å². The van der Waals surface area contributed by atoms with Crippen LogP contribution in [0.2, 0.25) is 0 Å². The third kappa shape index (κ3) is 4.35. The Balaban J connectivity index is 1.41. The number of hydrogen-bond acceptors (Lipinski definition) is 1. The van der Waals surface area contributed by atoms with Gasteiger partial charge in [0.25, 0.3) is 0 Å². The first kappa shape index (κ1) is 18.3. The lowest BCUT2D eigenvalue weighted by atomic mass is 9.49. The van der Waals surface area contributed by atoms with E-state index in [4.69, 9.17) is 0 Å². The van der Waals surface area contributed by atoms with Crippen LogP contribution in [0.1, 0.15) is 96.8 Å². The molecule has 24 heavy (non-hydrogen) atoms. The molecule has 2 nitrogen and oxygen atoms in total. The standard InChI is InChI=1S/C22H38O2/c1-2-3-4-5-6-7-8-9-10-20(22(23)24)21-18-12-16-11-17(14-18)15-19(21)13-16/h16-21H,2-15H2,1H3,(H,23,24). The number of hydrogen-bond donors (Lipinski definition) is 1. The maximum Gasteiger partial charge on any atom is 0.306 e. The molecule has 4 saturated carbocycles. The summed E-state index contributed by atoms with van der Waals surface area (Å²) in [5.74, 6) is 3.37. The predicted molar refractivity (Wildman–Crippen MR) is 98.9 cm³/mol. The summed E-state index contributed by atoms with van der Waals surface area (Å²) >= 11 is 0. The number of aliphatic carboxylic acids is 1. The second-order valence-corrected chi connectivity index (χ2v) is 9.22. The van der Waals surface area contributed by atoms with Gasteiger partial charge in [-0.15, -0.1) is 0 Å². The Kier molecular flexibility index (Phi) is 6.63. The third-order valence-corrected chi connectivity index (χ3v) is 7.45. The first-order valence-electron chi connectivity index (χ1n) is 10.9. The van der Waals surface area contributed by atoms with Crippen molar-refractivity contribution in [2.75, 3.05) is 0 Å². The van der Waals surface area contributed by atoms with E-state index in [2.05, 4.69) is 6.92 Å². The van der Waals surface area contributed by atoms with Crippen molar-refractivity contribution in [2.24, 2.45) is 35.5 Å². The first-order valence-corrected chi connectivity index (χ1v) is 10.9. The van der Waals surface area contributed by atoms with Crippen LogP contribution in [-0.4, -0.2) is 11.1 Å². The van der Waals surface area contributed by atoms with E-state index in [-0.39, 0.29) is 5.92 Å². The molecule has 1 unspecified atom stereocenters. The summed E-state index contributed by atoms with van der Waals surface area (Å²) in [4.78, 5) is 12.0. The minimum atomic E-state index is -0.490. The molecular weight excluding hydrogens is 296 g/mol. The number of carbonyl (C=O) groups is 1. The number of rotatable bonds is 11. The normalized spacial score (nSPS) is 35.3. The molecule has 0 aromatic heterocycles. The van der Waals surface area contributed by atoms with Gasteiger partial charge in [-0.1, -0.05) is 58.3 Å². The summed E-state index contributed by atoms with van der Waals surface area (Å²) in [6, 6.07) is 0. The fourth-order valence-electron chi connectivity index (χ4n) is 6.60. The van der Waals surface area contributed by atoms with Gasteiger partial charge < -0.3 is 5.11 Å². The van der Waals surface area contributed by atoms with Gasteiger partial charge in [0.05, 0.1) is 5.92 Å². The molecule has 0 amide bonds. The van der Waals surface area contributed by atoms with Crippen LogP contribution in [0.25, 0.3) is 0 Å². The van der Waals surface area contributed by atoms with Crippen molar-refractivity contribution < 1.29 is 9.90 Å². The molecule has 0 spiro atoms. The van der Waals surface area contributed by atoms with E-state index in [9.17, 15) is 9.90 Å². The van der Waals surface area contributed by atoms with Crippen LogP contribution >= 0.6 is 0 Å². The fraction of sp³-hybridized carbons (Fsp3) is 0.955. The highest BCUT2D eigenvalue weighted by Gasteiger charge is 2.51. The van der Waals surface area contributed by atoms with Gasteiger partial charge in [0.1, 0.15) is 0 Å². The van der Waals surface area contributed by atoms with Crippen LogP contribution in [0, 0.1) is 35.5 Å². The summed E-state index contributed by atoms with van der Waals surface area (Å²) in [5, 5.41) is 9.86. The Labute approximate surface area is 148 Å². The molecule has 4 aliphatic rings. The zero-order valence-electron chi connectivity index (χ0n) is 15.7. The third-order valence-electron chi connectivity index (χ3n) is 7.45. The van der Waals surface area contributed by atoms with Gasteiger partial charge in [0, 0.05) is 0 Å². The van der Waals surface area contributed by atoms with E-state index in [1.165, 1.54) is 77.0 Å². The molecule has 1 N–H and O–H groups in total. The van der Waals surface area contributed by atoms with Crippen molar-refractivity contribution in [3.05, 3.63) is 0 Å². The molecule has 0 aromatic rings. The Morgan fingerprint density at radius 3 is 1.83 bits per heavy atom. The summed E-state index contributed by atoms with van der Waals surface area (Å²) in [7, 11) is 0. The molecule has 0 radical (unpaired) electrons. The van der Waals surface area contributed by atoms with Gasteiger partial charge in [0.15, 0.2) is 0 Å². The number of unbranched alkanes of at least 4 members (excludes halogenated alkanes) is 7. The van der Waals surface area contributed by atoms with E-state index < -0.39 is 5.97 Å². The van der Waals surface area contributed by atoms with E-state index in [1.807, 2.05) is 0 Å². The van der Waals surface area contributed by atoms with E-state index in [0.29, 0.717) is 5.92 Å². The Morgan fingerprint density at radius 2 is 1.33 bits per heavy atom. The van der Waals surface area contributed by atoms with Crippen LogP contribution in [0.3, 0.4) is 0 Å². The highest BCUT2D eigenvalue weighted by Crippen LogP contribution is 2.58. The molecule has 0 saturated heterocycles. The zero-order chi connectivity index (χ0) is 16.9. The molecule has 0 heterocycles. The minimum Gasteiger partial charge on any atom is -0.481 e. The van der Waals surface area contributed by atoms with Crippen molar-refractivity contribution in [3.8, 4) is 0 Å². The molecule has 2 heteroatoms. The molecule has 4 bridgehead atoms. The molecule has 4 rings (SSSR count).